The van der Waals surface area contributed by atoms with E-state index in [-0.39, 0.29) is 35.8 Å². The SMILES string of the molecule is CCNC(=NCCCOc1ccc2ccccc2c1)NCCNC(=O)C1CC1.I. The van der Waals surface area contributed by atoms with E-state index in [1.807, 2.05) is 25.1 Å². The van der Waals surface area contributed by atoms with Crippen LogP contribution in [0.15, 0.2) is 47.5 Å². The largest absolute Gasteiger partial charge is 0.494 e. The Morgan fingerprint density at radius 2 is 1.83 bits per heavy atom. The maximum atomic E-state index is 11.6. The van der Waals surface area contributed by atoms with Crippen LogP contribution in [0.5, 0.6) is 5.75 Å². The van der Waals surface area contributed by atoms with Crippen molar-refractivity contribution in [2.45, 2.75) is 26.2 Å². The highest BCUT2D eigenvalue weighted by Gasteiger charge is 2.28. The van der Waals surface area contributed by atoms with Crippen LogP contribution in [0.25, 0.3) is 10.8 Å². The van der Waals surface area contributed by atoms with Gasteiger partial charge in [-0.25, -0.2) is 0 Å². The van der Waals surface area contributed by atoms with Crippen LogP contribution in [0.3, 0.4) is 0 Å². The van der Waals surface area contributed by atoms with Gasteiger partial charge in [0.05, 0.1) is 6.61 Å². The third kappa shape index (κ3) is 8.08. The van der Waals surface area contributed by atoms with Crippen LogP contribution in [0.2, 0.25) is 0 Å². The lowest BCUT2D eigenvalue weighted by atomic mass is 10.1. The van der Waals surface area contributed by atoms with E-state index in [0.29, 0.717) is 26.2 Å². The molecule has 3 rings (SSSR count). The van der Waals surface area contributed by atoms with Gasteiger partial charge in [-0.05, 0) is 42.7 Å². The van der Waals surface area contributed by atoms with Gasteiger partial charge in [0, 0.05) is 38.5 Å². The molecule has 1 aliphatic rings. The summed E-state index contributed by atoms with van der Waals surface area (Å²) in [7, 11) is 0. The molecule has 0 aromatic heterocycles. The highest BCUT2D eigenvalue weighted by molar-refractivity contribution is 14.0. The molecule has 0 bridgehead atoms. The quantitative estimate of drug-likeness (QED) is 0.199. The van der Waals surface area contributed by atoms with E-state index in [0.717, 1.165) is 37.5 Å². The molecule has 0 radical (unpaired) electrons. The van der Waals surface area contributed by atoms with Crippen LogP contribution < -0.4 is 20.7 Å². The first-order chi connectivity index (χ1) is 13.8. The molecule has 29 heavy (non-hydrogen) atoms. The van der Waals surface area contributed by atoms with Gasteiger partial charge in [-0.2, -0.15) is 0 Å². The number of nitrogens with one attached hydrogen (secondary N) is 3. The van der Waals surface area contributed by atoms with E-state index in [9.17, 15) is 4.79 Å². The number of carbonyl (C=O) groups excluding carboxylic acids is 1. The molecule has 1 saturated carbocycles. The van der Waals surface area contributed by atoms with Crippen molar-refractivity contribution in [1.29, 1.82) is 0 Å². The summed E-state index contributed by atoms with van der Waals surface area (Å²) >= 11 is 0. The second-order valence-corrected chi connectivity index (χ2v) is 6.96. The number of fused-ring (bicyclic) bond motifs is 1. The fourth-order valence-electron chi connectivity index (χ4n) is 2.90. The standard InChI is InChI=1S/C22H30N4O2.HI/c1-2-23-22(26-14-13-24-21(27)18-8-9-18)25-12-5-15-28-20-11-10-17-6-3-4-7-19(17)16-20;/h3-4,6-7,10-11,16,18H,2,5,8-9,12-15H2,1H3,(H,24,27)(H2,23,25,26);1H. The Balaban J connectivity index is 0.00000300. The lowest BCUT2D eigenvalue weighted by molar-refractivity contribution is -0.122. The van der Waals surface area contributed by atoms with Gasteiger partial charge in [-0.15, -0.1) is 24.0 Å². The molecule has 158 valence electrons. The van der Waals surface area contributed by atoms with Crippen molar-refractivity contribution in [2.75, 3.05) is 32.8 Å². The first-order valence-corrected chi connectivity index (χ1v) is 10.2. The Morgan fingerprint density at radius 3 is 2.59 bits per heavy atom. The highest BCUT2D eigenvalue weighted by Crippen LogP contribution is 2.28. The van der Waals surface area contributed by atoms with Gasteiger partial charge >= 0.3 is 0 Å². The molecule has 0 saturated heterocycles. The van der Waals surface area contributed by atoms with E-state index in [1.54, 1.807) is 0 Å². The van der Waals surface area contributed by atoms with E-state index in [4.69, 9.17) is 4.74 Å². The van der Waals surface area contributed by atoms with Crippen molar-refractivity contribution >= 4 is 46.6 Å². The maximum Gasteiger partial charge on any atom is 0.223 e. The average Bonchev–Trinajstić information content (AvgIpc) is 3.56. The number of amides is 1. The van der Waals surface area contributed by atoms with Crippen LogP contribution >= 0.6 is 24.0 Å². The number of carbonyl (C=O) groups is 1. The molecule has 0 spiro atoms. The molecule has 2 aromatic carbocycles. The number of hydrogen-bond acceptors (Lipinski definition) is 3. The van der Waals surface area contributed by atoms with Gasteiger partial charge in [0.2, 0.25) is 5.91 Å². The van der Waals surface area contributed by atoms with Crippen LogP contribution in [-0.4, -0.2) is 44.7 Å². The van der Waals surface area contributed by atoms with E-state index < -0.39 is 0 Å². The summed E-state index contributed by atoms with van der Waals surface area (Å²) in [5.74, 6) is 2.09. The molecule has 0 unspecified atom stereocenters. The second kappa shape index (κ2) is 12.5. The number of aliphatic imine (C=N–C) groups is 1. The topological polar surface area (TPSA) is 74.8 Å². The number of ether oxygens (including phenoxy) is 1. The molecule has 3 N–H and O–H groups in total. The number of halogens is 1. The van der Waals surface area contributed by atoms with Crippen molar-refractivity contribution in [3.05, 3.63) is 42.5 Å². The third-order valence-corrected chi connectivity index (χ3v) is 4.57. The van der Waals surface area contributed by atoms with Gasteiger partial charge in [0.15, 0.2) is 5.96 Å². The Labute approximate surface area is 189 Å². The summed E-state index contributed by atoms with van der Waals surface area (Å²) in [6.45, 7) is 5.42. The van der Waals surface area contributed by atoms with Crippen LogP contribution in [-0.2, 0) is 4.79 Å². The molecule has 2 aromatic rings. The second-order valence-electron chi connectivity index (χ2n) is 6.96. The molecule has 0 atom stereocenters. The van der Waals surface area contributed by atoms with Gasteiger partial charge in [0.25, 0.3) is 0 Å². The smallest absolute Gasteiger partial charge is 0.223 e. The molecule has 0 heterocycles. The normalized spacial score (nSPS) is 13.5. The zero-order valence-electron chi connectivity index (χ0n) is 16.9. The lowest BCUT2D eigenvalue weighted by Gasteiger charge is -2.12. The minimum atomic E-state index is 0. The zero-order valence-corrected chi connectivity index (χ0v) is 19.3. The first kappa shape index (κ1) is 23.3. The Kier molecular flexibility index (Phi) is 10.0. The fourth-order valence-corrected chi connectivity index (χ4v) is 2.90. The lowest BCUT2D eigenvalue weighted by Crippen LogP contribution is -2.41. The van der Waals surface area contributed by atoms with Gasteiger partial charge in [-0.3, -0.25) is 9.79 Å². The molecule has 1 aliphatic carbocycles. The van der Waals surface area contributed by atoms with Crippen molar-refractivity contribution in [3.8, 4) is 5.75 Å². The van der Waals surface area contributed by atoms with Crippen molar-refractivity contribution in [1.82, 2.24) is 16.0 Å². The summed E-state index contributed by atoms with van der Waals surface area (Å²) in [5, 5.41) is 11.8. The number of hydrogen-bond donors (Lipinski definition) is 3. The Morgan fingerprint density at radius 1 is 1.07 bits per heavy atom. The molecule has 1 fully saturated rings. The minimum Gasteiger partial charge on any atom is -0.494 e. The van der Waals surface area contributed by atoms with E-state index in [1.165, 1.54) is 10.8 Å². The predicted molar refractivity (Wildman–Crippen MR) is 129 cm³/mol. The fraction of sp³-hybridized carbons (Fsp3) is 0.455. The van der Waals surface area contributed by atoms with Crippen LogP contribution in [0, 0.1) is 5.92 Å². The number of guanidine groups is 1. The first-order valence-electron chi connectivity index (χ1n) is 10.2. The molecule has 6 nitrogen and oxygen atoms in total. The Hall–Kier alpha value is -2.03. The average molecular weight is 510 g/mol. The van der Waals surface area contributed by atoms with Gasteiger partial charge in [-0.1, -0.05) is 30.3 Å². The van der Waals surface area contributed by atoms with Gasteiger partial charge < -0.3 is 20.7 Å². The highest BCUT2D eigenvalue weighted by atomic mass is 127. The predicted octanol–water partition coefficient (Wildman–Crippen LogP) is 3.31. The van der Waals surface area contributed by atoms with Crippen molar-refractivity contribution in [2.24, 2.45) is 10.9 Å². The van der Waals surface area contributed by atoms with Crippen molar-refractivity contribution < 1.29 is 9.53 Å². The summed E-state index contributed by atoms with van der Waals surface area (Å²) in [6, 6.07) is 14.4. The Bertz CT molecular complexity index is 808. The molecule has 7 heteroatoms. The number of rotatable bonds is 10. The van der Waals surface area contributed by atoms with Crippen molar-refractivity contribution in [3.63, 3.8) is 0 Å². The number of nitrogens with zero attached hydrogens (tertiary/aromatic N) is 1. The summed E-state index contributed by atoms with van der Waals surface area (Å²) in [5.41, 5.74) is 0. The van der Waals surface area contributed by atoms with Crippen LogP contribution in [0.1, 0.15) is 26.2 Å². The zero-order chi connectivity index (χ0) is 19.6. The van der Waals surface area contributed by atoms with Crippen LogP contribution in [0.4, 0.5) is 0 Å². The summed E-state index contributed by atoms with van der Waals surface area (Å²) in [6.07, 6.45) is 2.90. The van der Waals surface area contributed by atoms with E-state index >= 15 is 0 Å². The monoisotopic (exact) mass is 510 g/mol. The molecular weight excluding hydrogens is 479 g/mol. The minimum absolute atomic E-state index is 0. The summed E-state index contributed by atoms with van der Waals surface area (Å²) in [4.78, 5) is 16.2. The number of benzene rings is 2. The molecular formula is C22H31IN4O2. The maximum absolute atomic E-state index is 11.6. The molecule has 1 amide bonds. The van der Waals surface area contributed by atoms with E-state index in [2.05, 4.69) is 45.2 Å². The van der Waals surface area contributed by atoms with Gasteiger partial charge in [0.1, 0.15) is 5.75 Å². The summed E-state index contributed by atoms with van der Waals surface area (Å²) < 4.78 is 5.85. The third-order valence-electron chi connectivity index (χ3n) is 4.57. The molecule has 0 aliphatic heterocycles.